The van der Waals surface area contributed by atoms with E-state index in [-0.39, 0.29) is 6.17 Å². The van der Waals surface area contributed by atoms with Crippen LogP contribution in [0.2, 0.25) is 0 Å². The maximum Gasteiger partial charge on any atom is 0.406 e. The molecule has 3 N–H and O–H groups in total. The maximum absolute atomic E-state index is 10.5. The van der Waals surface area contributed by atoms with Crippen LogP contribution >= 0.6 is 0 Å². The molecule has 74 valence electrons. The molecule has 0 bridgehead atoms. The first-order valence-corrected chi connectivity index (χ1v) is 4.58. The zero-order chi connectivity index (χ0) is 9.97. The van der Waals surface area contributed by atoms with Crippen molar-refractivity contribution in [3.05, 3.63) is 35.4 Å². The summed E-state index contributed by atoms with van der Waals surface area (Å²) in [5, 5.41) is 14.2. The van der Waals surface area contributed by atoms with Crippen LogP contribution in [0.5, 0.6) is 0 Å². The van der Waals surface area contributed by atoms with E-state index in [1.54, 1.807) is 0 Å². The van der Waals surface area contributed by atoms with E-state index in [9.17, 15) is 4.79 Å². The Hall–Kier alpha value is -1.55. The molecule has 1 unspecified atom stereocenters. The topological polar surface area (TPSA) is 61.4 Å². The summed E-state index contributed by atoms with van der Waals surface area (Å²) in [6.07, 6.45) is -0.315. The van der Waals surface area contributed by atoms with Gasteiger partial charge in [-0.3, -0.25) is 5.32 Å². The highest BCUT2D eigenvalue weighted by Crippen LogP contribution is 2.20. The van der Waals surface area contributed by atoms with Gasteiger partial charge >= 0.3 is 6.09 Å². The van der Waals surface area contributed by atoms with Crippen LogP contribution in [0.25, 0.3) is 0 Å². The molecule has 1 aromatic rings. The minimum absolute atomic E-state index is 0.266. The lowest BCUT2D eigenvalue weighted by atomic mass is 9.99. The summed E-state index contributed by atoms with van der Waals surface area (Å²) >= 11 is 0. The average Bonchev–Trinajstić information content (AvgIpc) is 2.18. The lowest BCUT2D eigenvalue weighted by Gasteiger charge is -2.26. The highest BCUT2D eigenvalue weighted by Gasteiger charge is 2.19. The van der Waals surface area contributed by atoms with Crippen LogP contribution in [0.4, 0.5) is 4.79 Å². The maximum atomic E-state index is 10.5. The van der Waals surface area contributed by atoms with E-state index in [1.165, 1.54) is 5.56 Å². The zero-order valence-electron chi connectivity index (χ0n) is 7.66. The largest absolute Gasteiger partial charge is 0.465 e. The molecule has 4 nitrogen and oxygen atoms in total. The lowest BCUT2D eigenvalue weighted by Crippen LogP contribution is -2.41. The van der Waals surface area contributed by atoms with E-state index in [0.29, 0.717) is 0 Å². The quantitative estimate of drug-likeness (QED) is 0.624. The SMILES string of the molecule is O=C(O)NC1NCCc2ccccc21. The van der Waals surface area contributed by atoms with E-state index < -0.39 is 6.09 Å². The Kier molecular flexibility index (Phi) is 2.37. The molecule has 2 rings (SSSR count). The molecule has 0 radical (unpaired) electrons. The molecule has 4 heteroatoms. The van der Waals surface area contributed by atoms with Crippen molar-refractivity contribution in [1.82, 2.24) is 10.6 Å². The van der Waals surface area contributed by atoms with Gasteiger partial charge < -0.3 is 10.4 Å². The van der Waals surface area contributed by atoms with Crippen molar-refractivity contribution >= 4 is 6.09 Å². The van der Waals surface area contributed by atoms with Gasteiger partial charge in [-0.1, -0.05) is 24.3 Å². The van der Waals surface area contributed by atoms with Crippen molar-refractivity contribution in [3.8, 4) is 0 Å². The van der Waals surface area contributed by atoms with Gasteiger partial charge in [-0.25, -0.2) is 4.79 Å². The number of carbonyl (C=O) groups is 1. The van der Waals surface area contributed by atoms with Gasteiger partial charge in [0.1, 0.15) is 6.17 Å². The fourth-order valence-corrected chi connectivity index (χ4v) is 1.76. The molecule has 1 amide bonds. The average molecular weight is 192 g/mol. The van der Waals surface area contributed by atoms with Gasteiger partial charge in [0.05, 0.1) is 0 Å². The molecule has 1 atom stereocenters. The van der Waals surface area contributed by atoms with Crippen molar-refractivity contribution in [2.24, 2.45) is 0 Å². The Morgan fingerprint density at radius 1 is 1.50 bits per heavy atom. The van der Waals surface area contributed by atoms with Crippen molar-refractivity contribution in [1.29, 1.82) is 0 Å². The third-order valence-electron chi connectivity index (χ3n) is 2.38. The Labute approximate surface area is 81.9 Å². The second-order valence-electron chi connectivity index (χ2n) is 3.29. The monoisotopic (exact) mass is 192 g/mol. The normalized spacial score (nSPS) is 19.9. The van der Waals surface area contributed by atoms with E-state index in [1.807, 2.05) is 24.3 Å². The number of amides is 1. The third kappa shape index (κ3) is 1.70. The molecule has 0 saturated heterocycles. The second kappa shape index (κ2) is 3.67. The van der Waals surface area contributed by atoms with Gasteiger partial charge in [-0.2, -0.15) is 0 Å². The van der Waals surface area contributed by atoms with Gasteiger partial charge in [-0.15, -0.1) is 0 Å². The number of fused-ring (bicyclic) bond motifs is 1. The van der Waals surface area contributed by atoms with E-state index in [4.69, 9.17) is 5.11 Å². The van der Waals surface area contributed by atoms with Crippen LogP contribution in [0.1, 0.15) is 17.3 Å². The zero-order valence-corrected chi connectivity index (χ0v) is 7.66. The first kappa shape index (κ1) is 9.02. The number of carboxylic acid groups (broad SMARTS) is 1. The van der Waals surface area contributed by atoms with Crippen molar-refractivity contribution < 1.29 is 9.90 Å². The van der Waals surface area contributed by atoms with Crippen molar-refractivity contribution in [2.45, 2.75) is 12.6 Å². The Bertz CT molecular complexity index is 352. The molecule has 1 aliphatic heterocycles. The van der Waals surface area contributed by atoms with Crippen LogP contribution < -0.4 is 10.6 Å². The van der Waals surface area contributed by atoms with Gasteiger partial charge in [0.25, 0.3) is 0 Å². The number of hydrogen-bond acceptors (Lipinski definition) is 2. The summed E-state index contributed by atoms with van der Waals surface area (Å²) in [7, 11) is 0. The van der Waals surface area contributed by atoms with Gasteiger partial charge in [0.2, 0.25) is 0 Å². The summed E-state index contributed by atoms with van der Waals surface area (Å²) in [6, 6.07) is 7.87. The number of benzene rings is 1. The molecule has 1 aromatic carbocycles. The van der Waals surface area contributed by atoms with E-state index in [2.05, 4.69) is 10.6 Å². The van der Waals surface area contributed by atoms with Crippen LogP contribution in [0.15, 0.2) is 24.3 Å². The smallest absolute Gasteiger partial charge is 0.406 e. The standard InChI is InChI=1S/C10H12N2O2/c13-10(14)12-9-8-4-2-1-3-7(8)5-6-11-9/h1-4,9,11-12H,5-6H2,(H,13,14). The summed E-state index contributed by atoms with van der Waals surface area (Å²) in [5.41, 5.74) is 2.24. The molecule has 0 aliphatic carbocycles. The summed E-state index contributed by atoms with van der Waals surface area (Å²) < 4.78 is 0. The molecule has 0 spiro atoms. The van der Waals surface area contributed by atoms with Crippen molar-refractivity contribution in [3.63, 3.8) is 0 Å². The Balaban J connectivity index is 2.26. The molecule has 0 aromatic heterocycles. The number of rotatable bonds is 1. The predicted molar refractivity (Wildman–Crippen MR) is 52.1 cm³/mol. The predicted octanol–water partition coefficient (Wildman–Crippen LogP) is 1.10. The summed E-state index contributed by atoms with van der Waals surface area (Å²) in [4.78, 5) is 10.5. The van der Waals surface area contributed by atoms with Crippen LogP contribution in [0.3, 0.4) is 0 Å². The van der Waals surface area contributed by atoms with Crippen LogP contribution in [-0.2, 0) is 6.42 Å². The first-order valence-electron chi connectivity index (χ1n) is 4.58. The minimum Gasteiger partial charge on any atom is -0.465 e. The summed E-state index contributed by atoms with van der Waals surface area (Å²) in [5.74, 6) is 0. The third-order valence-corrected chi connectivity index (χ3v) is 2.38. The molecule has 0 fully saturated rings. The fourth-order valence-electron chi connectivity index (χ4n) is 1.76. The van der Waals surface area contributed by atoms with Crippen LogP contribution in [-0.4, -0.2) is 17.7 Å². The molecular formula is C10H12N2O2. The molecule has 0 saturated carbocycles. The Morgan fingerprint density at radius 2 is 2.29 bits per heavy atom. The van der Waals surface area contributed by atoms with Gasteiger partial charge in [0, 0.05) is 6.54 Å². The van der Waals surface area contributed by atoms with Crippen molar-refractivity contribution in [2.75, 3.05) is 6.54 Å². The molecule has 14 heavy (non-hydrogen) atoms. The molecule has 1 heterocycles. The van der Waals surface area contributed by atoms with Gasteiger partial charge in [0.15, 0.2) is 0 Å². The number of nitrogens with one attached hydrogen (secondary N) is 2. The molecular weight excluding hydrogens is 180 g/mol. The summed E-state index contributed by atoms with van der Waals surface area (Å²) in [6.45, 7) is 0.808. The highest BCUT2D eigenvalue weighted by molar-refractivity contribution is 5.65. The number of hydrogen-bond donors (Lipinski definition) is 3. The second-order valence-corrected chi connectivity index (χ2v) is 3.29. The highest BCUT2D eigenvalue weighted by atomic mass is 16.4. The Morgan fingerprint density at radius 3 is 3.07 bits per heavy atom. The van der Waals surface area contributed by atoms with Gasteiger partial charge in [-0.05, 0) is 17.5 Å². The van der Waals surface area contributed by atoms with E-state index in [0.717, 1.165) is 18.5 Å². The molecule has 1 aliphatic rings. The van der Waals surface area contributed by atoms with E-state index >= 15 is 0 Å². The first-order chi connectivity index (χ1) is 6.77. The minimum atomic E-state index is -1.00. The fraction of sp³-hybridized carbons (Fsp3) is 0.300. The lowest BCUT2D eigenvalue weighted by molar-refractivity contribution is 0.186. The van der Waals surface area contributed by atoms with Crippen LogP contribution in [0, 0.1) is 0 Å².